The lowest BCUT2D eigenvalue weighted by atomic mass is 10.1. The molecule has 0 amide bonds. The van der Waals surface area contributed by atoms with Crippen LogP contribution in [-0.2, 0) is 0 Å². The average Bonchev–Trinajstić information content (AvgIpc) is 2.79. The van der Waals surface area contributed by atoms with Gasteiger partial charge in [-0.05, 0) is 41.1 Å². The van der Waals surface area contributed by atoms with Crippen LogP contribution in [0.4, 0.5) is 15.9 Å². The van der Waals surface area contributed by atoms with Gasteiger partial charge in [0.2, 0.25) is 0 Å². The molecule has 5 rings (SSSR count). The number of anilines is 2. The zero-order chi connectivity index (χ0) is 19.6. The Kier molecular flexibility index (Phi) is 4.56. The second kappa shape index (κ2) is 7.51. The molecule has 5 heteroatoms. The molecule has 29 heavy (non-hydrogen) atoms. The number of hydrogen-bond acceptors (Lipinski definition) is 4. The topological polar surface area (TPSA) is 32.3 Å². The van der Waals surface area contributed by atoms with Crippen molar-refractivity contribution >= 4 is 22.3 Å². The highest BCUT2D eigenvalue weighted by Crippen LogP contribution is 2.25. The minimum Gasteiger partial charge on any atom is -0.368 e. The largest absolute Gasteiger partial charge is 0.368 e. The van der Waals surface area contributed by atoms with Crippen LogP contribution in [0.25, 0.3) is 22.0 Å². The first-order chi connectivity index (χ1) is 14.3. The summed E-state index contributed by atoms with van der Waals surface area (Å²) in [5.74, 6) is 0.697. The van der Waals surface area contributed by atoms with Crippen molar-refractivity contribution in [2.24, 2.45) is 0 Å². The van der Waals surface area contributed by atoms with Crippen molar-refractivity contribution in [2.45, 2.75) is 0 Å². The molecule has 0 N–H and O–H groups in total. The molecule has 0 saturated carbocycles. The number of halogens is 1. The maximum absolute atomic E-state index is 13.2. The van der Waals surface area contributed by atoms with Crippen molar-refractivity contribution in [3.8, 4) is 11.3 Å². The van der Waals surface area contributed by atoms with Crippen LogP contribution in [0.5, 0.6) is 0 Å². The average molecular weight is 384 g/mol. The summed E-state index contributed by atoms with van der Waals surface area (Å²) in [5, 5.41) is 2.42. The molecular weight excluding hydrogens is 363 g/mol. The van der Waals surface area contributed by atoms with Crippen LogP contribution in [0.1, 0.15) is 0 Å². The third-order valence-corrected chi connectivity index (χ3v) is 5.46. The molecule has 1 aliphatic heterocycles. The Balaban J connectivity index is 1.34. The lowest BCUT2D eigenvalue weighted by molar-refractivity contribution is 0.624. The highest BCUT2D eigenvalue weighted by molar-refractivity contribution is 5.86. The molecule has 4 nitrogen and oxygen atoms in total. The number of benzene rings is 3. The van der Waals surface area contributed by atoms with E-state index in [-0.39, 0.29) is 5.82 Å². The number of hydrogen-bond donors (Lipinski definition) is 0. The molecule has 0 bridgehead atoms. The number of piperazine rings is 1. The van der Waals surface area contributed by atoms with E-state index in [9.17, 15) is 4.39 Å². The Bertz CT molecular complexity index is 1130. The molecule has 4 aromatic rings. The zero-order valence-electron chi connectivity index (χ0n) is 16.0. The minimum atomic E-state index is -0.201. The van der Waals surface area contributed by atoms with Gasteiger partial charge < -0.3 is 9.80 Å². The second-order valence-electron chi connectivity index (χ2n) is 7.27. The number of nitrogens with zero attached hydrogens (tertiary/aromatic N) is 4. The molecule has 2 heterocycles. The lowest BCUT2D eigenvalue weighted by Crippen LogP contribution is -2.46. The lowest BCUT2D eigenvalue weighted by Gasteiger charge is -2.36. The van der Waals surface area contributed by atoms with E-state index in [1.54, 1.807) is 0 Å². The predicted octanol–water partition coefficient (Wildman–Crippen LogP) is 4.76. The highest BCUT2D eigenvalue weighted by Gasteiger charge is 2.19. The highest BCUT2D eigenvalue weighted by atomic mass is 19.1. The monoisotopic (exact) mass is 384 g/mol. The van der Waals surface area contributed by atoms with Gasteiger partial charge in [0.15, 0.2) is 0 Å². The number of rotatable bonds is 3. The SMILES string of the molecule is Fc1ccc(N2CCN(c3cncc(-c4ccc5ccccc5c4)n3)CC2)cc1. The van der Waals surface area contributed by atoms with E-state index in [1.807, 2.05) is 30.6 Å². The Labute approximate surface area is 169 Å². The van der Waals surface area contributed by atoms with Crippen LogP contribution in [0.2, 0.25) is 0 Å². The van der Waals surface area contributed by atoms with Gasteiger partial charge in [-0.3, -0.25) is 4.98 Å². The Morgan fingerprint density at radius 1 is 0.724 bits per heavy atom. The van der Waals surface area contributed by atoms with Crippen molar-refractivity contribution in [1.29, 1.82) is 0 Å². The third-order valence-electron chi connectivity index (χ3n) is 5.46. The molecule has 0 atom stereocenters. The zero-order valence-corrected chi connectivity index (χ0v) is 16.0. The Morgan fingerprint density at radius 2 is 1.45 bits per heavy atom. The van der Waals surface area contributed by atoms with Crippen molar-refractivity contribution in [2.75, 3.05) is 36.0 Å². The van der Waals surface area contributed by atoms with Crippen LogP contribution >= 0.6 is 0 Å². The second-order valence-corrected chi connectivity index (χ2v) is 7.27. The van der Waals surface area contributed by atoms with Crippen molar-refractivity contribution in [1.82, 2.24) is 9.97 Å². The van der Waals surface area contributed by atoms with E-state index in [1.165, 1.54) is 22.9 Å². The smallest absolute Gasteiger partial charge is 0.147 e. The molecule has 1 fully saturated rings. The van der Waals surface area contributed by atoms with Gasteiger partial charge in [-0.2, -0.15) is 0 Å². The molecule has 1 aliphatic rings. The molecule has 144 valence electrons. The summed E-state index contributed by atoms with van der Waals surface area (Å²) < 4.78 is 13.2. The minimum absolute atomic E-state index is 0.201. The number of fused-ring (bicyclic) bond motifs is 1. The van der Waals surface area contributed by atoms with Gasteiger partial charge in [0, 0.05) is 37.4 Å². The fraction of sp³-hybridized carbons (Fsp3) is 0.167. The summed E-state index contributed by atoms with van der Waals surface area (Å²) in [4.78, 5) is 13.9. The molecule has 0 spiro atoms. The summed E-state index contributed by atoms with van der Waals surface area (Å²) in [5.41, 5.74) is 3.01. The Morgan fingerprint density at radius 3 is 2.24 bits per heavy atom. The van der Waals surface area contributed by atoms with Crippen molar-refractivity contribution in [3.63, 3.8) is 0 Å². The quantitative estimate of drug-likeness (QED) is 0.510. The summed E-state index contributed by atoms with van der Waals surface area (Å²) in [6.45, 7) is 3.45. The van der Waals surface area contributed by atoms with Crippen molar-refractivity contribution < 1.29 is 4.39 Å². The molecule has 0 aliphatic carbocycles. The van der Waals surface area contributed by atoms with Gasteiger partial charge in [-0.25, -0.2) is 9.37 Å². The van der Waals surface area contributed by atoms with Crippen LogP contribution in [-0.4, -0.2) is 36.1 Å². The first-order valence-electron chi connectivity index (χ1n) is 9.83. The maximum atomic E-state index is 13.2. The van der Waals surface area contributed by atoms with Crippen molar-refractivity contribution in [3.05, 3.63) is 84.9 Å². The summed E-state index contributed by atoms with van der Waals surface area (Å²) in [7, 11) is 0. The van der Waals surface area contributed by atoms with E-state index >= 15 is 0 Å². The molecule has 1 saturated heterocycles. The summed E-state index contributed by atoms with van der Waals surface area (Å²) in [6.07, 6.45) is 3.65. The van der Waals surface area contributed by atoms with Crippen LogP contribution in [0.15, 0.2) is 79.1 Å². The molecular formula is C24H21FN4. The standard InChI is InChI=1S/C24H21FN4/c25-21-7-9-22(10-8-21)28-11-13-29(14-12-28)24-17-26-16-23(27-24)20-6-5-18-3-1-2-4-19(18)15-20/h1-10,15-17H,11-14H2. The van der Waals surface area contributed by atoms with Crippen LogP contribution in [0.3, 0.4) is 0 Å². The predicted molar refractivity (Wildman–Crippen MR) is 116 cm³/mol. The fourth-order valence-electron chi connectivity index (χ4n) is 3.84. The van der Waals surface area contributed by atoms with E-state index in [0.29, 0.717) is 0 Å². The van der Waals surface area contributed by atoms with Crippen LogP contribution < -0.4 is 9.80 Å². The Hall–Kier alpha value is -3.47. The normalized spacial score (nSPS) is 14.4. The fourth-order valence-corrected chi connectivity index (χ4v) is 3.84. The van der Waals surface area contributed by atoms with E-state index in [2.05, 4.69) is 51.2 Å². The van der Waals surface area contributed by atoms with Crippen LogP contribution in [0, 0.1) is 5.82 Å². The van der Waals surface area contributed by atoms with Gasteiger partial charge in [-0.1, -0.05) is 36.4 Å². The molecule has 3 aromatic carbocycles. The number of aromatic nitrogens is 2. The maximum Gasteiger partial charge on any atom is 0.147 e. The van der Waals surface area contributed by atoms with Gasteiger partial charge >= 0.3 is 0 Å². The third kappa shape index (κ3) is 3.63. The summed E-state index contributed by atoms with van der Waals surface area (Å²) in [6, 6.07) is 21.4. The van der Waals surface area contributed by atoms with Gasteiger partial charge in [0.1, 0.15) is 11.6 Å². The van der Waals surface area contributed by atoms with Gasteiger partial charge in [0.25, 0.3) is 0 Å². The van der Waals surface area contributed by atoms with E-state index in [0.717, 1.165) is 48.9 Å². The van der Waals surface area contributed by atoms with E-state index in [4.69, 9.17) is 4.98 Å². The first-order valence-corrected chi connectivity index (χ1v) is 9.83. The van der Waals surface area contributed by atoms with E-state index < -0.39 is 0 Å². The molecule has 0 radical (unpaired) electrons. The summed E-state index contributed by atoms with van der Waals surface area (Å²) >= 11 is 0. The molecule has 1 aromatic heterocycles. The van der Waals surface area contributed by atoms with Gasteiger partial charge in [0.05, 0.1) is 18.1 Å². The first kappa shape index (κ1) is 17.6. The molecule has 0 unspecified atom stereocenters. The van der Waals surface area contributed by atoms with Gasteiger partial charge in [-0.15, -0.1) is 0 Å².